The zero-order chi connectivity index (χ0) is 13.6. The summed E-state index contributed by atoms with van der Waals surface area (Å²) in [5.74, 6) is 0.572. The summed E-state index contributed by atoms with van der Waals surface area (Å²) in [5, 5.41) is 0.377. The first kappa shape index (κ1) is 11.5. The van der Waals surface area contributed by atoms with Gasteiger partial charge in [-0.1, -0.05) is 0 Å². The van der Waals surface area contributed by atoms with E-state index in [4.69, 9.17) is 4.42 Å². The maximum absolute atomic E-state index is 12.3. The van der Waals surface area contributed by atoms with Gasteiger partial charge in [0.25, 0.3) is 5.56 Å². The Morgan fingerprint density at radius 1 is 1.16 bits per heavy atom. The number of furan rings is 1. The third kappa shape index (κ3) is 1.53. The number of fused-ring (bicyclic) bond motifs is 1. The van der Waals surface area contributed by atoms with Gasteiger partial charge in [-0.05, 0) is 18.2 Å². The molecule has 3 aromatic heterocycles. The summed E-state index contributed by atoms with van der Waals surface area (Å²) in [5.41, 5.74) is 0.201. The molecule has 0 amide bonds. The van der Waals surface area contributed by atoms with Crippen LogP contribution in [0.3, 0.4) is 0 Å². The smallest absolute Gasteiger partial charge is 0.332 e. The van der Waals surface area contributed by atoms with Crippen molar-refractivity contribution in [2.24, 2.45) is 14.1 Å². The number of aromatic nitrogens is 3. The van der Waals surface area contributed by atoms with E-state index in [0.717, 1.165) is 4.57 Å². The molecule has 0 aromatic carbocycles. The molecular weight excluding hydrogens is 246 g/mol. The molecule has 0 aliphatic carbocycles. The molecule has 0 aliphatic heterocycles. The standard InChI is InChI=1S/C13H11N3O3/c1-15-11-10(12(17)16(2)13(15)18)8(5-6-14-11)9-4-3-7-19-9/h3-7H,1-2H3. The van der Waals surface area contributed by atoms with Gasteiger partial charge in [-0.15, -0.1) is 0 Å². The van der Waals surface area contributed by atoms with E-state index in [1.54, 1.807) is 31.4 Å². The minimum Gasteiger partial charge on any atom is -0.464 e. The van der Waals surface area contributed by atoms with Crippen LogP contribution in [0.15, 0.2) is 44.7 Å². The normalized spacial score (nSPS) is 11.1. The number of aryl methyl sites for hydroxylation is 1. The molecule has 96 valence electrons. The average Bonchev–Trinajstić information content (AvgIpc) is 2.96. The molecule has 6 heteroatoms. The summed E-state index contributed by atoms with van der Waals surface area (Å²) in [6.07, 6.45) is 3.09. The van der Waals surface area contributed by atoms with E-state index in [-0.39, 0.29) is 5.56 Å². The lowest BCUT2D eigenvalue weighted by molar-refractivity contribution is 0.582. The number of hydrogen-bond acceptors (Lipinski definition) is 4. The predicted molar refractivity (Wildman–Crippen MR) is 69.9 cm³/mol. The number of hydrogen-bond donors (Lipinski definition) is 0. The fourth-order valence-electron chi connectivity index (χ4n) is 2.12. The van der Waals surface area contributed by atoms with E-state index in [9.17, 15) is 9.59 Å². The Morgan fingerprint density at radius 3 is 2.63 bits per heavy atom. The van der Waals surface area contributed by atoms with Crippen LogP contribution in [-0.4, -0.2) is 14.1 Å². The van der Waals surface area contributed by atoms with Crippen molar-refractivity contribution >= 4 is 11.0 Å². The van der Waals surface area contributed by atoms with Crippen molar-refractivity contribution in [3.63, 3.8) is 0 Å². The van der Waals surface area contributed by atoms with Crippen LogP contribution in [0.2, 0.25) is 0 Å². The molecule has 3 rings (SSSR count). The molecule has 0 saturated carbocycles. The zero-order valence-corrected chi connectivity index (χ0v) is 10.5. The summed E-state index contributed by atoms with van der Waals surface area (Å²) in [6.45, 7) is 0. The van der Waals surface area contributed by atoms with Gasteiger partial charge in [-0.2, -0.15) is 0 Å². The van der Waals surface area contributed by atoms with Gasteiger partial charge in [0.15, 0.2) is 0 Å². The summed E-state index contributed by atoms with van der Waals surface area (Å²) in [6, 6.07) is 5.21. The number of pyridine rings is 1. The fourth-order valence-corrected chi connectivity index (χ4v) is 2.12. The molecule has 3 heterocycles. The van der Waals surface area contributed by atoms with Crippen LogP contribution in [-0.2, 0) is 14.1 Å². The Balaban J connectivity index is 2.58. The molecule has 19 heavy (non-hydrogen) atoms. The van der Waals surface area contributed by atoms with Crippen molar-refractivity contribution in [2.45, 2.75) is 0 Å². The van der Waals surface area contributed by atoms with Gasteiger partial charge in [0, 0.05) is 25.9 Å². The van der Waals surface area contributed by atoms with Crippen LogP contribution in [0, 0.1) is 0 Å². The SMILES string of the molecule is Cn1c(=O)c2c(-c3ccco3)ccnc2n(C)c1=O. The van der Waals surface area contributed by atoms with E-state index < -0.39 is 5.69 Å². The monoisotopic (exact) mass is 257 g/mol. The van der Waals surface area contributed by atoms with Crippen molar-refractivity contribution in [3.8, 4) is 11.3 Å². The second-order valence-electron chi connectivity index (χ2n) is 4.24. The first-order valence-electron chi connectivity index (χ1n) is 5.70. The molecule has 0 aliphatic rings. The lowest BCUT2D eigenvalue weighted by Gasteiger charge is -2.08. The molecule has 0 atom stereocenters. The Kier molecular flexibility index (Phi) is 2.38. The van der Waals surface area contributed by atoms with Gasteiger partial charge in [0.1, 0.15) is 11.4 Å². The molecule has 0 spiro atoms. The van der Waals surface area contributed by atoms with Crippen molar-refractivity contribution in [3.05, 3.63) is 51.5 Å². The van der Waals surface area contributed by atoms with E-state index in [1.165, 1.54) is 17.9 Å². The first-order valence-corrected chi connectivity index (χ1v) is 5.70. The van der Waals surface area contributed by atoms with Crippen LogP contribution >= 0.6 is 0 Å². The second-order valence-corrected chi connectivity index (χ2v) is 4.24. The highest BCUT2D eigenvalue weighted by Crippen LogP contribution is 2.24. The Bertz CT molecular complexity index is 873. The molecule has 0 N–H and O–H groups in total. The Morgan fingerprint density at radius 2 is 1.95 bits per heavy atom. The summed E-state index contributed by atoms with van der Waals surface area (Å²) < 4.78 is 7.75. The zero-order valence-electron chi connectivity index (χ0n) is 10.5. The topological polar surface area (TPSA) is 70.0 Å². The largest absolute Gasteiger partial charge is 0.464 e. The number of nitrogens with zero attached hydrogens (tertiary/aromatic N) is 3. The highest BCUT2D eigenvalue weighted by atomic mass is 16.3. The highest BCUT2D eigenvalue weighted by molar-refractivity contribution is 5.90. The van der Waals surface area contributed by atoms with Crippen LogP contribution in [0.25, 0.3) is 22.4 Å². The summed E-state index contributed by atoms with van der Waals surface area (Å²) in [4.78, 5) is 28.3. The van der Waals surface area contributed by atoms with Gasteiger partial charge in [-0.3, -0.25) is 13.9 Å². The van der Waals surface area contributed by atoms with Crippen molar-refractivity contribution < 1.29 is 4.42 Å². The molecule has 0 fully saturated rings. The first-order chi connectivity index (χ1) is 9.11. The lowest BCUT2D eigenvalue weighted by atomic mass is 10.1. The van der Waals surface area contributed by atoms with Crippen LogP contribution in [0.5, 0.6) is 0 Å². The maximum atomic E-state index is 12.3. The van der Waals surface area contributed by atoms with E-state index in [1.807, 2.05) is 0 Å². The molecular formula is C13H11N3O3. The summed E-state index contributed by atoms with van der Waals surface area (Å²) >= 11 is 0. The maximum Gasteiger partial charge on any atom is 0.332 e. The summed E-state index contributed by atoms with van der Waals surface area (Å²) in [7, 11) is 3.03. The van der Waals surface area contributed by atoms with Crippen molar-refractivity contribution in [1.82, 2.24) is 14.1 Å². The van der Waals surface area contributed by atoms with Gasteiger partial charge in [0.05, 0.1) is 11.6 Å². The molecule has 6 nitrogen and oxygen atoms in total. The Labute approximate surface area is 107 Å². The lowest BCUT2D eigenvalue weighted by Crippen LogP contribution is -2.37. The second kappa shape index (κ2) is 3.94. The minimum atomic E-state index is -0.401. The Hall–Kier alpha value is -2.63. The van der Waals surface area contributed by atoms with Gasteiger partial charge >= 0.3 is 5.69 Å². The molecule has 0 unspecified atom stereocenters. The average molecular weight is 257 g/mol. The van der Waals surface area contributed by atoms with Gasteiger partial charge in [-0.25, -0.2) is 9.78 Å². The predicted octanol–water partition coefficient (Wildman–Crippen LogP) is 0.892. The third-order valence-electron chi connectivity index (χ3n) is 3.13. The third-order valence-corrected chi connectivity index (χ3v) is 3.13. The highest BCUT2D eigenvalue weighted by Gasteiger charge is 2.15. The van der Waals surface area contributed by atoms with Crippen molar-refractivity contribution in [2.75, 3.05) is 0 Å². The van der Waals surface area contributed by atoms with Gasteiger partial charge < -0.3 is 4.42 Å². The van der Waals surface area contributed by atoms with Crippen LogP contribution < -0.4 is 11.2 Å². The van der Waals surface area contributed by atoms with E-state index in [2.05, 4.69) is 4.98 Å². The van der Waals surface area contributed by atoms with Crippen LogP contribution in [0.1, 0.15) is 0 Å². The van der Waals surface area contributed by atoms with E-state index in [0.29, 0.717) is 22.4 Å². The van der Waals surface area contributed by atoms with Gasteiger partial charge in [0.2, 0.25) is 0 Å². The van der Waals surface area contributed by atoms with Crippen LogP contribution in [0.4, 0.5) is 0 Å². The fraction of sp³-hybridized carbons (Fsp3) is 0.154. The minimum absolute atomic E-state index is 0.349. The quantitative estimate of drug-likeness (QED) is 0.649. The van der Waals surface area contributed by atoms with Crippen molar-refractivity contribution in [1.29, 1.82) is 0 Å². The molecule has 3 aromatic rings. The molecule has 0 bridgehead atoms. The molecule has 0 saturated heterocycles. The number of rotatable bonds is 1. The van der Waals surface area contributed by atoms with E-state index >= 15 is 0 Å². The molecule has 0 radical (unpaired) electrons.